The lowest BCUT2D eigenvalue weighted by molar-refractivity contribution is 0.535. The summed E-state index contributed by atoms with van der Waals surface area (Å²) < 4.78 is 7.11. The van der Waals surface area contributed by atoms with Gasteiger partial charge in [0.25, 0.3) is 0 Å². The molecule has 0 saturated carbocycles. The van der Waals surface area contributed by atoms with Gasteiger partial charge < -0.3 is 4.42 Å². The number of para-hydroxylation sites is 1. The summed E-state index contributed by atoms with van der Waals surface area (Å²) in [7, 11) is 0. The molecule has 0 aliphatic heterocycles. The standard InChI is InChI=1S/C18H13N3O2/c1-12-10-15(22)23-18-16(12)17(13-6-5-9-19-11-13)20-21(18)14-7-3-2-4-8-14/h2-11H,1H3. The molecule has 0 radical (unpaired) electrons. The van der Waals surface area contributed by atoms with Crippen LogP contribution in [-0.2, 0) is 0 Å². The van der Waals surface area contributed by atoms with Crippen LogP contribution >= 0.6 is 0 Å². The van der Waals surface area contributed by atoms with Gasteiger partial charge in [-0.1, -0.05) is 18.2 Å². The molecular weight excluding hydrogens is 290 g/mol. The zero-order valence-electron chi connectivity index (χ0n) is 12.4. The van der Waals surface area contributed by atoms with Crippen LogP contribution in [0.25, 0.3) is 28.0 Å². The fraction of sp³-hybridized carbons (Fsp3) is 0.0556. The zero-order valence-corrected chi connectivity index (χ0v) is 12.4. The maximum atomic E-state index is 11.8. The number of hydrogen-bond acceptors (Lipinski definition) is 4. The fourth-order valence-corrected chi connectivity index (χ4v) is 2.68. The van der Waals surface area contributed by atoms with Crippen molar-refractivity contribution in [3.63, 3.8) is 0 Å². The van der Waals surface area contributed by atoms with E-state index in [1.807, 2.05) is 49.4 Å². The second-order valence-electron chi connectivity index (χ2n) is 5.27. The van der Waals surface area contributed by atoms with Gasteiger partial charge in [-0.05, 0) is 36.8 Å². The molecule has 3 heterocycles. The van der Waals surface area contributed by atoms with Gasteiger partial charge >= 0.3 is 5.63 Å². The smallest absolute Gasteiger partial charge is 0.337 e. The lowest BCUT2D eigenvalue weighted by Gasteiger charge is -2.01. The molecule has 0 aliphatic carbocycles. The molecule has 0 amide bonds. The number of rotatable bonds is 2. The average Bonchev–Trinajstić information content (AvgIpc) is 2.96. The van der Waals surface area contributed by atoms with E-state index in [2.05, 4.69) is 10.1 Å². The van der Waals surface area contributed by atoms with Gasteiger partial charge in [0.15, 0.2) is 0 Å². The van der Waals surface area contributed by atoms with Gasteiger partial charge in [0.2, 0.25) is 5.71 Å². The first-order valence-corrected chi connectivity index (χ1v) is 7.23. The van der Waals surface area contributed by atoms with Crippen LogP contribution in [0.3, 0.4) is 0 Å². The largest absolute Gasteiger partial charge is 0.403 e. The third-order valence-corrected chi connectivity index (χ3v) is 3.70. The van der Waals surface area contributed by atoms with E-state index in [1.54, 1.807) is 17.1 Å². The molecule has 4 aromatic rings. The molecule has 4 rings (SSSR count). The van der Waals surface area contributed by atoms with Crippen molar-refractivity contribution in [3.05, 3.63) is 76.9 Å². The number of fused-ring (bicyclic) bond motifs is 1. The highest BCUT2D eigenvalue weighted by Crippen LogP contribution is 2.30. The van der Waals surface area contributed by atoms with Crippen molar-refractivity contribution >= 4 is 11.1 Å². The van der Waals surface area contributed by atoms with E-state index in [9.17, 15) is 4.79 Å². The summed E-state index contributed by atoms with van der Waals surface area (Å²) in [5, 5.41) is 5.50. The van der Waals surface area contributed by atoms with Crippen LogP contribution in [0.5, 0.6) is 0 Å². The maximum Gasteiger partial charge on any atom is 0.337 e. The molecule has 0 saturated heterocycles. The molecule has 0 bridgehead atoms. The van der Waals surface area contributed by atoms with Crippen molar-refractivity contribution in [1.82, 2.24) is 14.8 Å². The molecule has 23 heavy (non-hydrogen) atoms. The molecule has 0 unspecified atom stereocenters. The summed E-state index contributed by atoms with van der Waals surface area (Å²) in [6, 6.07) is 14.9. The van der Waals surface area contributed by atoms with Gasteiger partial charge in [0, 0.05) is 24.0 Å². The molecule has 3 aromatic heterocycles. The second-order valence-corrected chi connectivity index (χ2v) is 5.27. The third kappa shape index (κ3) is 2.23. The van der Waals surface area contributed by atoms with E-state index in [4.69, 9.17) is 4.42 Å². The Morgan fingerprint density at radius 3 is 2.65 bits per heavy atom. The minimum absolute atomic E-state index is 0.384. The summed E-state index contributed by atoms with van der Waals surface area (Å²) in [5.74, 6) is 0. The van der Waals surface area contributed by atoms with Crippen molar-refractivity contribution in [2.24, 2.45) is 0 Å². The highest BCUT2D eigenvalue weighted by molar-refractivity contribution is 5.93. The van der Waals surface area contributed by atoms with Crippen molar-refractivity contribution in [2.45, 2.75) is 6.92 Å². The zero-order chi connectivity index (χ0) is 15.8. The summed E-state index contributed by atoms with van der Waals surface area (Å²) in [5.41, 5.74) is 3.35. The minimum Gasteiger partial charge on any atom is -0.403 e. The Labute approximate surface area is 131 Å². The van der Waals surface area contributed by atoms with Crippen LogP contribution in [0.4, 0.5) is 0 Å². The number of hydrogen-bond donors (Lipinski definition) is 0. The Bertz CT molecular complexity index is 1030. The van der Waals surface area contributed by atoms with Gasteiger partial charge in [-0.25, -0.2) is 4.79 Å². The van der Waals surface area contributed by atoms with E-state index < -0.39 is 0 Å². The molecule has 0 spiro atoms. The van der Waals surface area contributed by atoms with Crippen LogP contribution in [0.2, 0.25) is 0 Å². The van der Waals surface area contributed by atoms with Crippen molar-refractivity contribution in [1.29, 1.82) is 0 Å². The van der Waals surface area contributed by atoms with Gasteiger partial charge in [-0.3, -0.25) is 4.98 Å². The van der Waals surface area contributed by atoms with E-state index in [-0.39, 0.29) is 5.63 Å². The van der Waals surface area contributed by atoms with E-state index in [1.165, 1.54) is 6.07 Å². The Hall–Kier alpha value is -3.21. The quantitative estimate of drug-likeness (QED) is 0.570. The maximum absolute atomic E-state index is 11.8. The predicted molar refractivity (Wildman–Crippen MR) is 87.6 cm³/mol. The van der Waals surface area contributed by atoms with Crippen molar-refractivity contribution in [3.8, 4) is 16.9 Å². The van der Waals surface area contributed by atoms with Crippen LogP contribution in [0.15, 0.2) is 70.1 Å². The second kappa shape index (κ2) is 5.21. The molecular formula is C18H13N3O2. The van der Waals surface area contributed by atoms with Crippen molar-refractivity contribution < 1.29 is 4.42 Å². The first kappa shape index (κ1) is 13.5. The Morgan fingerprint density at radius 1 is 1.09 bits per heavy atom. The first-order chi connectivity index (χ1) is 11.2. The number of aromatic nitrogens is 3. The number of pyridine rings is 1. The predicted octanol–water partition coefficient (Wildman–Crippen LogP) is 3.35. The topological polar surface area (TPSA) is 60.9 Å². The highest BCUT2D eigenvalue weighted by atomic mass is 16.4. The van der Waals surface area contributed by atoms with E-state index in [0.29, 0.717) is 5.71 Å². The Morgan fingerprint density at radius 2 is 1.91 bits per heavy atom. The summed E-state index contributed by atoms with van der Waals surface area (Å²) in [4.78, 5) is 16.0. The molecule has 0 fully saturated rings. The van der Waals surface area contributed by atoms with Crippen LogP contribution in [-0.4, -0.2) is 14.8 Å². The number of benzene rings is 1. The third-order valence-electron chi connectivity index (χ3n) is 3.70. The van der Waals surface area contributed by atoms with Gasteiger partial charge in [0.1, 0.15) is 5.69 Å². The minimum atomic E-state index is -0.384. The molecule has 0 aliphatic rings. The fourth-order valence-electron chi connectivity index (χ4n) is 2.68. The molecule has 0 atom stereocenters. The average molecular weight is 303 g/mol. The molecule has 0 N–H and O–H groups in total. The molecule has 5 heteroatoms. The van der Waals surface area contributed by atoms with Crippen LogP contribution in [0, 0.1) is 6.92 Å². The van der Waals surface area contributed by atoms with Gasteiger partial charge in [0.05, 0.1) is 11.1 Å². The number of aryl methyl sites for hydroxylation is 1. The molecule has 112 valence electrons. The lowest BCUT2D eigenvalue weighted by atomic mass is 10.1. The van der Waals surface area contributed by atoms with Gasteiger partial charge in [-0.15, -0.1) is 0 Å². The van der Waals surface area contributed by atoms with Crippen molar-refractivity contribution in [2.75, 3.05) is 0 Å². The highest BCUT2D eigenvalue weighted by Gasteiger charge is 2.18. The normalized spacial score (nSPS) is 11.0. The summed E-state index contributed by atoms with van der Waals surface area (Å²) in [6.07, 6.45) is 3.47. The lowest BCUT2D eigenvalue weighted by Crippen LogP contribution is -2.01. The monoisotopic (exact) mass is 303 g/mol. The van der Waals surface area contributed by atoms with Gasteiger partial charge in [-0.2, -0.15) is 9.78 Å². The molecule has 1 aromatic carbocycles. The Balaban J connectivity index is 2.11. The van der Waals surface area contributed by atoms with E-state index >= 15 is 0 Å². The van der Waals surface area contributed by atoms with Crippen LogP contribution < -0.4 is 5.63 Å². The first-order valence-electron chi connectivity index (χ1n) is 7.23. The Kier molecular flexibility index (Phi) is 3.05. The number of nitrogens with zero attached hydrogens (tertiary/aromatic N) is 3. The summed E-state index contributed by atoms with van der Waals surface area (Å²) >= 11 is 0. The SMILES string of the molecule is Cc1cc(=O)oc2c1c(-c1cccnc1)nn2-c1ccccc1. The molecule has 5 nitrogen and oxygen atoms in total. The van der Waals surface area contributed by atoms with Crippen LogP contribution in [0.1, 0.15) is 5.56 Å². The summed E-state index contributed by atoms with van der Waals surface area (Å²) in [6.45, 7) is 1.89. The van der Waals surface area contributed by atoms with E-state index in [0.717, 1.165) is 27.9 Å².